The number of para-hydroxylation sites is 1. The van der Waals surface area contributed by atoms with Crippen molar-refractivity contribution < 1.29 is 32.6 Å². The van der Waals surface area contributed by atoms with Gasteiger partial charge >= 0.3 is 5.97 Å². The molecule has 1 saturated heterocycles. The molecule has 8 heteroatoms. The van der Waals surface area contributed by atoms with Crippen molar-refractivity contribution in [2.75, 3.05) is 25.1 Å². The molecule has 1 fully saturated rings. The van der Waals surface area contributed by atoms with Crippen LogP contribution in [-0.4, -0.2) is 37.8 Å². The Morgan fingerprint density at radius 2 is 1.82 bits per heavy atom. The zero-order valence-corrected chi connectivity index (χ0v) is 15.0. The molecule has 6 nitrogen and oxygen atoms in total. The van der Waals surface area contributed by atoms with Gasteiger partial charge in [0.2, 0.25) is 0 Å². The maximum atomic E-state index is 13.5. The molecule has 2 aromatic rings. The number of carbonyl (C=O) groups is 2. The third-order valence-corrected chi connectivity index (χ3v) is 4.11. The summed E-state index contributed by atoms with van der Waals surface area (Å²) < 4.78 is 42.9. The Bertz CT molecular complexity index is 815. The van der Waals surface area contributed by atoms with Crippen LogP contribution in [0.1, 0.15) is 23.2 Å². The Balaban J connectivity index is 1.47. The topological polar surface area (TPSA) is 73.9 Å². The fourth-order valence-corrected chi connectivity index (χ4v) is 2.66. The number of ether oxygens (including phenoxy) is 3. The molecular weight excluding hydrogens is 372 g/mol. The highest BCUT2D eigenvalue weighted by Gasteiger charge is 2.17. The second-order valence-electron chi connectivity index (χ2n) is 6.19. The van der Waals surface area contributed by atoms with Crippen LogP contribution in [0, 0.1) is 11.6 Å². The normalized spacial score (nSPS) is 15.9. The van der Waals surface area contributed by atoms with Crippen LogP contribution in [0.25, 0.3) is 0 Å². The van der Waals surface area contributed by atoms with E-state index < -0.39 is 35.8 Å². The summed E-state index contributed by atoms with van der Waals surface area (Å²) in [4.78, 5) is 23.8. The molecular formula is C20H19F2NO5. The third-order valence-electron chi connectivity index (χ3n) is 4.11. The number of amides is 1. The molecule has 1 heterocycles. The molecule has 148 valence electrons. The summed E-state index contributed by atoms with van der Waals surface area (Å²) >= 11 is 0. The van der Waals surface area contributed by atoms with E-state index in [4.69, 9.17) is 14.2 Å². The van der Waals surface area contributed by atoms with Gasteiger partial charge in [0, 0.05) is 6.61 Å². The minimum absolute atomic E-state index is 0.0856. The second-order valence-corrected chi connectivity index (χ2v) is 6.19. The van der Waals surface area contributed by atoms with Crippen LogP contribution >= 0.6 is 0 Å². The molecule has 0 spiro atoms. The second kappa shape index (κ2) is 9.27. The molecule has 1 amide bonds. The summed E-state index contributed by atoms with van der Waals surface area (Å²) in [5.41, 5.74) is -0.370. The SMILES string of the molecule is O=C(COC(=O)c1ccc(OC[C@H]2CCCO2)cc1)Nc1c(F)cccc1F. The summed E-state index contributed by atoms with van der Waals surface area (Å²) in [6.45, 7) is 0.510. The first-order valence-electron chi connectivity index (χ1n) is 8.78. The van der Waals surface area contributed by atoms with Crippen molar-refractivity contribution in [2.45, 2.75) is 18.9 Å². The molecule has 1 aliphatic rings. The lowest BCUT2D eigenvalue weighted by atomic mass is 10.2. The van der Waals surface area contributed by atoms with Gasteiger partial charge in [0.25, 0.3) is 5.91 Å². The first kappa shape index (κ1) is 19.8. The van der Waals surface area contributed by atoms with Gasteiger partial charge in [-0.25, -0.2) is 13.6 Å². The molecule has 0 aromatic heterocycles. The summed E-state index contributed by atoms with van der Waals surface area (Å²) in [6.07, 6.45) is 2.07. The van der Waals surface area contributed by atoms with Crippen LogP contribution in [0.4, 0.5) is 14.5 Å². The first-order chi connectivity index (χ1) is 13.5. The standard InChI is InChI=1S/C20H19F2NO5/c21-16-4-1-5-17(22)19(16)23-18(24)12-28-20(25)13-6-8-14(9-7-13)27-11-15-3-2-10-26-15/h1,4-9,15H,2-3,10-12H2,(H,23,24)/t15-/m1/s1. The van der Waals surface area contributed by atoms with Crippen LogP contribution in [0.5, 0.6) is 5.75 Å². The molecule has 3 rings (SSSR count). The van der Waals surface area contributed by atoms with Gasteiger partial charge in [0.15, 0.2) is 6.61 Å². The smallest absolute Gasteiger partial charge is 0.338 e. The Morgan fingerprint density at radius 3 is 2.46 bits per heavy atom. The van der Waals surface area contributed by atoms with Crippen LogP contribution in [-0.2, 0) is 14.3 Å². The van der Waals surface area contributed by atoms with E-state index in [1.165, 1.54) is 18.2 Å². The van der Waals surface area contributed by atoms with Gasteiger partial charge in [-0.2, -0.15) is 0 Å². The fraction of sp³-hybridized carbons (Fsp3) is 0.300. The first-order valence-corrected chi connectivity index (χ1v) is 8.78. The van der Waals surface area contributed by atoms with E-state index in [1.807, 2.05) is 5.32 Å². The van der Waals surface area contributed by atoms with Gasteiger partial charge < -0.3 is 19.5 Å². The lowest BCUT2D eigenvalue weighted by molar-refractivity contribution is -0.119. The van der Waals surface area contributed by atoms with E-state index in [-0.39, 0.29) is 11.7 Å². The monoisotopic (exact) mass is 391 g/mol. The summed E-state index contributed by atoms with van der Waals surface area (Å²) in [6, 6.07) is 9.42. The highest BCUT2D eigenvalue weighted by Crippen LogP contribution is 2.18. The van der Waals surface area contributed by atoms with Gasteiger partial charge in [-0.15, -0.1) is 0 Å². The van der Waals surface area contributed by atoms with Crippen LogP contribution < -0.4 is 10.1 Å². The molecule has 1 N–H and O–H groups in total. The Morgan fingerprint density at radius 1 is 1.11 bits per heavy atom. The summed E-state index contributed by atoms with van der Waals surface area (Å²) in [7, 11) is 0. The Hall–Kier alpha value is -3.00. The number of nitrogens with one attached hydrogen (secondary N) is 1. The largest absolute Gasteiger partial charge is 0.491 e. The summed E-state index contributed by atoms with van der Waals surface area (Å²) in [5, 5.41) is 2.04. The number of rotatable bonds is 7. The molecule has 0 radical (unpaired) electrons. The number of anilines is 1. The number of hydrogen-bond donors (Lipinski definition) is 1. The minimum atomic E-state index is -0.918. The van der Waals surface area contributed by atoms with Crippen molar-refractivity contribution >= 4 is 17.6 Å². The van der Waals surface area contributed by atoms with E-state index in [2.05, 4.69) is 0 Å². The minimum Gasteiger partial charge on any atom is -0.491 e. The highest BCUT2D eigenvalue weighted by atomic mass is 19.1. The van der Waals surface area contributed by atoms with E-state index in [1.54, 1.807) is 12.1 Å². The van der Waals surface area contributed by atoms with Gasteiger partial charge in [-0.3, -0.25) is 4.79 Å². The highest BCUT2D eigenvalue weighted by molar-refractivity contribution is 5.95. The van der Waals surface area contributed by atoms with Crippen molar-refractivity contribution in [3.63, 3.8) is 0 Å². The van der Waals surface area contributed by atoms with Gasteiger partial charge in [0.1, 0.15) is 29.7 Å². The zero-order chi connectivity index (χ0) is 19.9. The predicted octanol–water partition coefficient (Wildman–Crippen LogP) is 3.32. The Kier molecular flexibility index (Phi) is 6.54. The summed E-state index contributed by atoms with van der Waals surface area (Å²) in [5.74, 6) is -2.85. The van der Waals surface area contributed by atoms with Crippen molar-refractivity contribution in [3.05, 3.63) is 59.7 Å². The molecule has 0 unspecified atom stereocenters. The average Bonchev–Trinajstić information content (AvgIpc) is 3.21. The van der Waals surface area contributed by atoms with E-state index in [9.17, 15) is 18.4 Å². The van der Waals surface area contributed by atoms with E-state index in [0.717, 1.165) is 31.6 Å². The van der Waals surface area contributed by atoms with Gasteiger partial charge in [0.05, 0.1) is 11.7 Å². The average molecular weight is 391 g/mol. The molecule has 0 saturated carbocycles. The molecule has 1 atom stereocenters. The van der Waals surface area contributed by atoms with Crippen molar-refractivity contribution in [1.82, 2.24) is 0 Å². The van der Waals surface area contributed by atoms with Crippen LogP contribution in [0.15, 0.2) is 42.5 Å². The van der Waals surface area contributed by atoms with E-state index in [0.29, 0.717) is 12.4 Å². The number of halogens is 2. The number of carbonyl (C=O) groups excluding carboxylic acids is 2. The Labute approximate surface area is 160 Å². The fourth-order valence-electron chi connectivity index (χ4n) is 2.66. The van der Waals surface area contributed by atoms with Crippen LogP contribution in [0.2, 0.25) is 0 Å². The molecule has 2 aromatic carbocycles. The maximum absolute atomic E-state index is 13.5. The number of esters is 1. The molecule has 28 heavy (non-hydrogen) atoms. The quantitative estimate of drug-likeness (QED) is 0.733. The molecule has 0 aliphatic carbocycles. The van der Waals surface area contributed by atoms with Crippen molar-refractivity contribution in [1.29, 1.82) is 0 Å². The van der Waals surface area contributed by atoms with Gasteiger partial charge in [-0.1, -0.05) is 6.07 Å². The van der Waals surface area contributed by atoms with Crippen molar-refractivity contribution in [2.24, 2.45) is 0 Å². The molecule has 1 aliphatic heterocycles. The van der Waals surface area contributed by atoms with Crippen molar-refractivity contribution in [3.8, 4) is 5.75 Å². The lowest BCUT2D eigenvalue weighted by Crippen LogP contribution is -2.22. The predicted molar refractivity (Wildman–Crippen MR) is 96.2 cm³/mol. The molecule has 0 bridgehead atoms. The number of hydrogen-bond acceptors (Lipinski definition) is 5. The zero-order valence-electron chi connectivity index (χ0n) is 15.0. The number of benzene rings is 2. The van der Waals surface area contributed by atoms with Gasteiger partial charge in [-0.05, 0) is 49.2 Å². The lowest BCUT2D eigenvalue weighted by Gasteiger charge is -2.11. The van der Waals surface area contributed by atoms with Crippen LogP contribution in [0.3, 0.4) is 0 Å². The van der Waals surface area contributed by atoms with E-state index >= 15 is 0 Å². The maximum Gasteiger partial charge on any atom is 0.338 e. The third kappa shape index (κ3) is 5.26.